The third kappa shape index (κ3) is 2.19. The normalized spacial score (nSPS) is 15.2. The summed E-state index contributed by atoms with van der Waals surface area (Å²) in [4.78, 5) is 11.4. The van der Waals surface area contributed by atoms with Crippen molar-refractivity contribution in [2.45, 2.75) is 18.7 Å². The Hall–Kier alpha value is -1.26. The third-order valence-corrected chi connectivity index (χ3v) is 4.45. The predicted octanol–water partition coefficient (Wildman–Crippen LogP) is 4.17. The van der Waals surface area contributed by atoms with Crippen molar-refractivity contribution in [1.82, 2.24) is 0 Å². The van der Waals surface area contributed by atoms with Crippen LogP contribution in [-0.4, -0.2) is 5.91 Å². The number of alkyl halides is 1. The van der Waals surface area contributed by atoms with E-state index in [0.29, 0.717) is 6.42 Å². The monoisotopic (exact) mass is 339 g/mol. The van der Waals surface area contributed by atoms with Crippen molar-refractivity contribution in [3.05, 3.63) is 51.4 Å². The number of hydrogen-bond donors (Lipinski definition) is 1. The molecule has 1 unspecified atom stereocenters. The third-order valence-electron chi connectivity index (χ3n) is 3.29. The van der Waals surface area contributed by atoms with Crippen molar-refractivity contribution in [2.24, 2.45) is 0 Å². The van der Waals surface area contributed by atoms with Gasteiger partial charge in [-0.15, -0.1) is 11.6 Å². The molecule has 0 aliphatic carbocycles. The lowest BCUT2D eigenvalue weighted by molar-refractivity contribution is -0.115. The van der Waals surface area contributed by atoms with Crippen LogP contribution in [-0.2, 0) is 11.2 Å². The smallest absolute Gasteiger partial charge is 0.228 e. The van der Waals surface area contributed by atoms with E-state index in [4.69, 9.17) is 16.0 Å². The minimum absolute atomic E-state index is 0.0182. The maximum absolute atomic E-state index is 11.4. The molecule has 1 amide bonds. The first kappa shape index (κ1) is 12.8. The summed E-state index contributed by atoms with van der Waals surface area (Å²) in [5.74, 6) is 0.825. The van der Waals surface area contributed by atoms with Gasteiger partial charge < -0.3 is 9.73 Å². The summed E-state index contributed by atoms with van der Waals surface area (Å²) >= 11 is 10.0. The van der Waals surface area contributed by atoms with E-state index in [-0.39, 0.29) is 11.3 Å². The fourth-order valence-electron chi connectivity index (χ4n) is 2.29. The number of hydrogen-bond acceptors (Lipinski definition) is 2. The zero-order chi connectivity index (χ0) is 13.6. The van der Waals surface area contributed by atoms with Crippen molar-refractivity contribution in [3.8, 4) is 0 Å². The Balaban J connectivity index is 2.05. The zero-order valence-electron chi connectivity index (χ0n) is 10.2. The van der Waals surface area contributed by atoms with E-state index in [1.165, 1.54) is 0 Å². The zero-order valence-corrected chi connectivity index (χ0v) is 12.5. The molecule has 1 aromatic heterocycles. The first-order chi connectivity index (χ1) is 9.06. The molecule has 0 spiro atoms. The second kappa shape index (κ2) is 4.69. The van der Waals surface area contributed by atoms with Crippen LogP contribution in [0.25, 0.3) is 0 Å². The number of amides is 1. The van der Waals surface area contributed by atoms with E-state index in [1.807, 2.05) is 25.1 Å². The van der Waals surface area contributed by atoms with Gasteiger partial charge in [0.05, 0.1) is 18.1 Å². The molecule has 1 aliphatic rings. The topological polar surface area (TPSA) is 42.2 Å². The summed E-state index contributed by atoms with van der Waals surface area (Å²) < 4.78 is 6.17. The van der Waals surface area contributed by atoms with Gasteiger partial charge in [0.25, 0.3) is 0 Å². The summed E-state index contributed by atoms with van der Waals surface area (Å²) in [6.07, 6.45) is 2.04. The second-order valence-corrected chi connectivity index (χ2v) is 5.84. The van der Waals surface area contributed by atoms with Gasteiger partial charge in [-0.25, -0.2) is 0 Å². The molecule has 3 rings (SSSR count). The van der Waals surface area contributed by atoms with Crippen LogP contribution in [0, 0.1) is 6.92 Å². The van der Waals surface area contributed by atoms with Gasteiger partial charge in [-0.2, -0.15) is 0 Å². The van der Waals surface area contributed by atoms with Gasteiger partial charge in [-0.1, -0.05) is 22.0 Å². The van der Waals surface area contributed by atoms with Gasteiger partial charge in [-0.05, 0) is 30.2 Å². The molecular weight excluding hydrogens is 330 g/mol. The lowest BCUT2D eigenvalue weighted by atomic mass is 10.0. The second-order valence-electron chi connectivity index (χ2n) is 4.55. The van der Waals surface area contributed by atoms with Crippen molar-refractivity contribution in [3.63, 3.8) is 0 Å². The highest BCUT2D eigenvalue weighted by atomic mass is 79.9. The van der Waals surface area contributed by atoms with Crippen LogP contribution >= 0.6 is 27.5 Å². The Morgan fingerprint density at radius 1 is 1.42 bits per heavy atom. The van der Waals surface area contributed by atoms with E-state index >= 15 is 0 Å². The molecule has 3 nitrogen and oxygen atoms in total. The molecule has 1 aliphatic heterocycles. The molecule has 1 N–H and O–H groups in total. The summed E-state index contributed by atoms with van der Waals surface area (Å²) in [6, 6.07) is 5.75. The Bertz CT molecular complexity index is 665. The highest BCUT2D eigenvalue weighted by Gasteiger charge is 2.23. The number of aryl methyl sites for hydroxylation is 1. The molecule has 98 valence electrons. The van der Waals surface area contributed by atoms with E-state index < -0.39 is 0 Å². The summed E-state index contributed by atoms with van der Waals surface area (Å²) in [5, 5.41) is 2.52. The molecule has 0 saturated carbocycles. The Morgan fingerprint density at radius 2 is 2.21 bits per heavy atom. The molecule has 2 aromatic rings. The number of carbonyl (C=O) groups excluding carboxylic acids is 1. The molecule has 5 heteroatoms. The van der Waals surface area contributed by atoms with Gasteiger partial charge in [0.2, 0.25) is 5.91 Å². The molecular formula is C14H11BrClNO2. The van der Waals surface area contributed by atoms with Crippen LogP contribution in [0.2, 0.25) is 0 Å². The van der Waals surface area contributed by atoms with Crippen molar-refractivity contribution in [1.29, 1.82) is 0 Å². The van der Waals surface area contributed by atoms with Gasteiger partial charge >= 0.3 is 0 Å². The lowest BCUT2D eigenvalue weighted by Crippen LogP contribution is -2.03. The molecule has 0 bridgehead atoms. The van der Waals surface area contributed by atoms with Crippen molar-refractivity contribution in [2.75, 3.05) is 5.32 Å². The number of carbonyl (C=O) groups is 1. The minimum Gasteiger partial charge on any atom is -0.469 e. The first-order valence-electron chi connectivity index (χ1n) is 5.86. The van der Waals surface area contributed by atoms with Crippen LogP contribution in [0.3, 0.4) is 0 Å². The fraction of sp³-hybridized carbons (Fsp3) is 0.214. The number of furan rings is 1. The predicted molar refractivity (Wildman–Crippen MR) is 77.6 cm³/mol. The minimum atomic E-state index is -0.297. The number of benzene rings is 1. The van der Waals surface area contributed by atoms with Crippen molar-refractivity contribution >= 4 is 39.1 Å². The van der Waals surface area contributed by atoms with Gasteiger partial charge in [-0.3, -0.25) is 4.79 Å². The number of halogens is 2. The largest absolute Gasteiger partial charge is 0.469 e. The Morgan fingerprint density at radius 3 is 2.89 bits per heavy atom. The van der Waals surface area contributed by atoms with Crippen LogP contribution in [0.1, 0.15) is 27.8 Å². The molecule has 1 atom stereocenters. The molecule has 19 heavy (non-hydrogen) atoms. The maximum Gasteiger partial charge on any atom is 0.228 e. The summed E-state index contributed by atoms with van der Waals surface area (Å²) in [5.41, 5.74) is 3.73. The van der Waals surface area contributed by atoms with Crippen LogP contribution < -0.4 is 5.32 Å². The van der Waals surface area contributed by atoms with E-state index in [0.717, 1.165) is 32.6 Å². The maximum atomic E-state index is 11.4. The quantitative estimate of drug-likeness (QED) is 0.834. The molecule has 1 aromatic carbocycles. The summed E-state index contributed by atoms with van der Waals surface area (Å²) in [7, 11) is 0. The Labute approximate surface area is 124 Å². The van der Waals surface area contributed by atoms with Gasteiger partial charge in [0, 0.05) is 15.7 Å². The van der Waals surface area contributed by atoms with Gasteiger partial charge in [0.1, 0.15) is 5.76 Å². The van der Waals surface area contributed by atoms with Crippen LogP contribution in [0.5, 0.6) is 0 Å². The molecule has 0 radical (unpaired) electrons. The van der Waals surface area contributed by atoms with Crippen molar-refractivity contribution < 1.29 is 9.21 Å². The SMILES string of the molecule is Cc1occc1C(Cl)c1cc2c(cc1Br)NC(=O)C2. The fourth-order valence-corrected chi connectivity index (χ4v) is 3.40. The molecule has 0 saturated heterocycles. The standard InChI is InChI=1S/C14H11BrClNO2/c1-7-9(2-3-19-7)14(16)10-4-8-5-13(18)17-12(8)6-11(10)15/h2-4,6,14H,5H2,1H3,(H,17,18). The summed E-state index contributed by atoms with van der Waals surface area (Å²) in [6.45, 7) is 1.89. The van der Waals surface area contributed by atoms with Crippen LogP contribution in [0.15, 0.2) is 33.4 Å². The van der Waals surface area contributed by atoms with E-state index in [2.05, 4.69) is 21.2 Å². The molecule has 2 heterocycles. The molecule has 0 fully saturated rings. The van der Waals surface area contributed by atoms with E-state index in [9.17, 15) is 4.79 Å². The number of rotatable bonds is 2. The average Bonchev–Trinajstić information content (AvgIpc) is 2.92. The lowest BCUT2D eigenvalue weighted by Gasteiger charge is -2.13. The highest BCUT2D eigenvalue weighted by Crippen LogP contribution is 2.39. The van der Waals surface area contributed by atoms with Crippen LogP contribution in [0.4, 0.5) is 5.69 Å². The van der Waals surface area contributed by atoms with Gasteiger partial charge in [0.15, 0.2) is 0 Å². The number of anilines is 1. The highest BCUT2D eigenvalue weighted by molar-refractivity contribution is 9.10. The first-order valence-corrected chi connectivity index (χ1v) is 7.09. The van der Waals surface area contributed by atoms with E-state index in [1.54, 1.807) is 6.26 Å². The number of fused-ring (bicyclic) bond motifs is 1. The average molecular weight is 341 g/mol. The Kier molecular flexibility index (Phi) is 3.15. The number of nitrogens with one attached hydrogen (secondary N) is 1.